The van der Waals surface area contributed by atoms with Gasteiger partial charge in [-0.25, -0.2) is 0 Å². The Kier molecular flexibility index (Phi) is 5.70. The number of amides is 1. The minimum absolute atomic E-state index is 0.0394. The smallest absolute Gasteiger partial charge is 0.253 e. The van der Waals surface area contributed by atoms with Crippen molar-refractivity contribution < 1.29 is 14.3 Å². The first-order chi connectivity index (χ1) is 9.97. The Morgan fingerprint density at radius 1 is 1.43 bits per heavy atom. The second-order valence-corrected chi connectivity index (χ2v) is 5.77. The minimum atomic E-state index is -0.598. The van der Waals surface area contributed by atoms with Gasteiger partial charge in [0.2, 0.25) is 0 Å². The van der Waals surface area contributed by atoms with E-state index < -0.39 is 6.10 Å². The fourth-order valence-corrected chi connectivity index (χ4v) is 2.67. The van der Waals surface area contributed by atoms with E-state index in [4.69, 9.17) is 38.4 Å². The van der Waals surface area contributed by atoms with Gasteiger partial charge in [-0.15, -0.1) is 0 Å². The SMILES string of the molecule is CC(OC1CCOCC1)C(=O)Nc1c(N)cc(Cl)cc1Cl. The van der Waals surface area contributed by atoms with Gasteiger partial charge in [0.1, 0.15) is 6.10 Å². The van der Waals surface area contributed by atoms with Gasteiger partial charge in [-0.3, -0.25) is 4.79 Å². The summed E-state index contributed by atoms with van der Waals surface area (Å²) in [5.74, 6) is -0.294. The molecule has 116 valence electrons. The van der Waals surface area contributed by atoms with Gasteiger partial charge in [0.15, 0.2) is 0 Å². The number of nitrogen functional groups attached to an aromatic ring is 1. The molecule has 0 aromatic heterocycles. The lowest BCUT2D eigenvalue weighted by Crippen LogP contribution is -2.34. The van der Waals surface area contributed by atoms with Crippen molar-refractivity contribution in [2.45, 2.75) is 32.0 Å². The summed E-state index contributed by atoms with van der Waals surface area (Å²) in [6, 6.07) is 3.06. The highest BCUT2D eigenvalue weighted by Crippen LogP contribution is 2.32. The summed E-state index contributed by atoms with van der Waals surface area (Å²) in [6.45, 7) is 3.02. The molecule has 1 fully saturated rings. The molecule has 3 N–H and O–H groups in total. The summed E-state index contributed by atoms with van der Waals surface area (Å²) >= 11 is 11.9. The number of ether oxygens (including phenoxy) is 2. The Morgan fingerprint density at radius 2 is 2.10 bits per heavy atom. The van der Waals surface area contributed by atoms with Crippen LogP contribution >= 0.6 is 23.2 Å². The average molecular weight is 333 g/mol. The van der Waals surface area contributed by atoms with Crippen LogP contribution in [0.15, 0.2) is 12.1 Å². The standard InChI is InChI=1S/C14H18Cl2N2O3/c1-8(21-10-2-4-20-5-3-10)14(19)18-13-11(16)6-9(15)7-12(13)17/h6-8,10H,2-5,17H2,1H3,(H,18,19). The van der Waals surface area contributed by atoms with E-state index in [9.17, 15) is 4.79 Å². The first kappa shape index (κ1) is 16.4. The Balaban J connectivity index is 1.97. The van der Waals surface area contributed by atoms with E-state index in [1.54, 1.807) is 6.92 Å². The molecule has 1 unspecified atom stereocenters. The fourth-order valence-electron chi connectivity index (χ4n) is 2.11. The highest BCUT2D eigenvalue weighted by molar-refractivity contribution is 6.37. The molecular weight excluding hydrogens is 315 g/mol. The van der Waals surface area contributed by atoms with E-state index in [0.29, 0.717) is 34.6 Å². The number of halogens is 2. The molecule has 5 nitrogen and oxygen atoms in total. The van der Waals surface area contributed by atoms with E-state index >= 15 is 0 Å². The minimum Gasteiger partial charge on any atom is -0.397 e. The predicted molar refractivity (Wildman–Crippen MR) is 83.9 cm³/mol. The van der Waals surface area contributed by atoms with Gasteiger partial charge in [-0.05, 0) is 31.9 Å². The van der Waals surface area contributed by atoms with E-state index in [-0.39, 0.29) is 12.0 Å². The molecule has 1 aliphatic heterocycles. The zero-order valence-electron chi connectivity index (χ0n) is 11.7. The van der Waals surface area contributed by atoms with E-state index in [2.05, 4.69) is 5.32 Å². The van der Waals surface area contributed by atoms with Crippen molar-refractivity contribution in [3.05, 3.63) is 22.2 Å². The summed E-state index contributed by atoms with van der Waals surface area (Å²) in [5, 5.41) is 3.40. The highest BCUT2D eigenvalue weighted by Gasteiger charge is 2.22. The molecule has 1 aromatic rings. The normalized spacial score (nSPS) is 17.5. The second-order valence-electron chi connectivity index (χ2n) is 4.93. The number of nitrogens with one attached hydrogen (secondary N) is 1. The van der Waals surface area contributed by atoms with E-state index in [0.717, 1.165) is 12.8 Å². The highest BCUT2D eigenvalue weighted by atomic mass is 35.5. The molecule has 21 heavy (non-hydrogen) atoms. The zero-order valence-corrected chi connectivity index (χ0v) is 13.2. The molecule has 1 amide bonds. The van der Waals surface area contributed by atoms with Gasteiger partial charge >= 0.3 is 0 Å². The monoisotopic (exact) mass is 332 g/mol. The van der Waals surface area contributed by atoms with Crippen LogP contribution in [0.4, 0.5) is 11.4 Å². The lowest BCUT2D eigenvalue weighted by atomic mass is 10.1. The van der Waals surface area contributed by atoms with E-state index in [1.165, 1.54) is 12.1 Å². The summed E-state index contributed by atoms with van der Waals surface area (Å²) in [6.07, 6.45) is 1.03. The molecule has 1 heterocycles. The number of hydrogen-bond acceptors (Lipinski definition) is 4. The quantitative estimate of drug-likeness (QED) is 0.831. The van der Waals surface area contributed by atoms with Crippen molar-refractivity contribution in [3.8, 4) is 0 Å². The first-order valence-corrected chi connectivity index (χ1v) is 7.51. The number of hydrogen-bond donors (Lipinski definition) is 2. The van der Waals surface area contributed by atoms with Crippen LogP contribution < -0.4 is 11.1 Å². The summed E-state index contributed by atoms with van der Waals surface area (Å²) in [4.78, 5) is 12.2. The van der Waals surface area contributed by atoms with Crippen molar-refractivity contribution in [2.75, 3.05) is 24.3 Å². The number of rotatable bonds is 4. The third-order valence-electron chi connectivity index (χ3n) is 3.27. The predicted octanol–water partition coefficient (Wildman–Crippen LogP) is 3.10. The number of benzene rings is 1. The molecule has 1 aromatic carbocycles. The largest absolute Gasteiger partial charge is 0.397 e. The zero-order chi connectivity index (χ0) is 15.4. The lowest BCUT2D eigenvalue weighted by Gasteiger charge is -2.25. The summed E-state index contributed by atoms with van der Waals surface area (Å²) in [5.41, 5.74) is 6.49. The van der Waals surface area contributed by atoms with Crippen LogP contribution in [0.1, 0.15) is 19.8 Å². The molecule has 0 aliphatic carbocycles. The van der Waals surface area contributed by atoms with Crippen LogP contribution in [0, 0.1) is 0 Å². The molecule has 0 saturated carbocycles. The Hall–Kier alpha value is -1.01. The number of nitrogens with two attached hydrogens (primary N) is 1. The molecule has 1 aliphatic rings. The number of carbonyl (C=O) groups excluding carboxylic acids is 1. The van der Waals surface area contributed by atoms with E-state index in [1.807, 2.05) is 0 Å². The van der Waals surface area contributed by atoms with Gasteiger partial charge in [-0.2, -0.15) is 0 Å². The fraction of sp³-hybridized carbons (Fsp3) is 0.500. The molecule has 7 heteroatoms. The third-order valence-corrected chi connectivity index (χ3v) is 3.78. The molecular formula is C14H18Cl2N2O3. The van der Waals surface area contributed by atoms with Gasteiger partial charge < -0.3 is 20.5 Å². The van der Waals surface area contributed by atoms with Crippen molar-refractivity contribution in [1.29, 1.82) is 0 Å². The van der Waals surface area contributed by atoms with Gasteiger partial charge in [0.25, 0.3) is 5.91 Å². The van der Waals surface area contributed by atoms with Crippen molar-refractivity contribution in [1.82, 2.24) is 0 Å². The molecule has 1 saturated heterocycles. The molecule has 2 rings (SSSR count). The topological polar surface area (TPSA) is 73.6 Å². The average Bonchev–Trinajstić information content (AvgIpc) is 2.43. The van der Waals surface area contributed by atoms with Crippen LogP contribution in [-0.2, 0) is 14.3 Å². The Labute approximate surface area is 133 Å². The van der Waals surface area contributed by atoms with Crippen LogP contribution in [0.3, 0.4) is 0 Å². The molecule has 1 atom stereocenters. The van der Waals surface area contributed by atoms with Gasteiger partial charge in [0, 0.05) is 18.2 Å². The van der Waals surface area contributed by atoms with Crippen LogP contribution in [0.5, 0.6) is 0 Å². The van der Waals surface area contributed by atoms with Crippen LogP contribution in [0.2, 0.25) is 10.0 Å². The van der Waals surface area contributed by atoms with Gasteiger partial charge in [0.05, 0.1) is 22.5 Å². The maximum Gasteiger partial charge on any atom is 0.253 e. The van der Waals surface area contributed by atoms with Crippen LogP contribution in [-0.4, -0.2) is 31.3 Å². The first-order valence-electron chi connectivity index (χ1n) is 6.76. The molecule has 0 spiro atoms. The maximum atomic E-state index is 12.2. The number of carbonyl (C=O) groups is 1. The molecule has 0 radical (unpaired) electrons. The van der Waals surface area contributed by atoms with Crippen molar-refractivity contribution in [3.63, 3.8) is 0 Å². The molecule has 0 bridgehead atoms. The maximum absolute atomic E-state index is 12.2. The Morgan fingerprint density at radius 3 is 2.71 bits per heavy atom. The van der Waals surface area contributed by atoms with Gasteiger partial charge in [-0.1, -0.05) is 23.2 Å². The third kappa shape index (κ3) is 4.48. The summed E-state index contributed by atoms with van der Waals surface area (Å²) < 4.78 is 11.0. The summed E-state index contributed by atoms with van der Waals surface area (Å²) in [7, 11) is 0. The van der Waals surface area contributed by atoms with Crippen molar-refractivity contribution in [2.24, 2.45) is 0 Å². The number of anilines is 2. The second kappa shape index (κ2) is 7.31. The lowest BCUT2D eigenvalue weighted by molar-refractivity contribution is -0.133. The Bertz CT molecular complexity index is 496. The van der Waals surface area contributed by atoms with Crippen LogP contribution in [0.25, 0.3) is 0 Å². The van der Waals surface area contributed by atoms with Crippen molar-refractivity contribution >= 4 is 40.5 Å².